The second-order valence-corrected chi connectivity index (χ2v) is 10.4. The van der Waals surface area contributed by atoms with Gasteiger partial charge in [-0.05, 0) is 51.5 Å². The molecule has 1 aliphatic heterocycles. The van der Waals surface area contributed by atoms with Crippen molar-refractivity contribution in [1.29, 1.82) is 0 Å². The number of hydrogen-bond donors (Lipinski definition) is 2. The van der Waals surface area contributed by atoms with Gasteiger partial charge in [0.25, 0.3) is 11.8 Å². The van der Waals surface area contributed by atoms with Crippen molar-refractivity contribution in [1.82, 2.24) is 29.5 Å². The number of hydrogen-bond acceptors (Lipinski definition) is 6. The van der Waals surface area contributed by atoms with Gasteiger partial charge in [0.2, 0.25) is 0 Å². The van der Waals surface area contributed by atoms with Crippen molar-refractivity contribution in [2.24, 2.45) is 7.05 Å². The summed E-state index contributed by atoms with van der Waals surface area (Å²) in [6.45, 7) is 8.51. The number of carbonyl (C=O) groups excluding carboxylic acids is 3. The molecule has 214 valence electrons. The molecule has 0 spiro atoms. The van der Waals surface area contributed by atoms with Gasteiger partial charge in [-0.2, -0.15) is 18.3 Å². The average Bonchev–Trinajstić information content (AvgIpc) is 3.49. The van der Waals surface area contributed by atoms with Crippen LogP contribution in [0.5, 0.6) is 0 Å². The fourth-order valence-electron chi connectivity index (χ4n) is 4.32. The van der Waals surface area contributed by atoms with Crippen LogP contribution < -0.4 is 5.32 Å². The van der Waals surface area contributed by atoms with Crippen LogP contribution in [0.4, 0.5) is 23.7 Å². The molecular weight excluding hydrogens is 531 g/mol. The molecule has 3 aromatic rings. The lowest BCUT2D eigenvalue weighted by Gasteiger charge is -2.35. The number of H-pyrrole nitrogens is 1. The minimum absolute atomic E-state index is 0.0649. The third-order valence-corrected chi connectivity index (χ3v) is 6.32. The molecular formula is C26H30F3N7O4. The van der Waals surface area contributed by atoms with E-state index in [-0.39, 0.29) is 23.0 Å². The standard InChI is InChI=1S/C26H30F3N7O4/c1-15-12-16(6-7-17(15)23(38)35-8-10-36(11-9-35)24(39)40-25(2,3)4)32-22(37)21-30-14-19(34(21)5)18-13-31-33-20(18)26(27,28)29/h6-7,12-14H,8-11H2,1-5H3,(H,31,33)(H,32,37). The highest BCUT2D eigenvalue weighted by atomic mass is 19.4. The molecule has 1 saturated heterocycles. The van der Waals surface area contributed by atoms with Crippen molar-refractivity contribution >= 4 is 23.6 Å². The van der Waals surface area contributed by atoms with Crippen molar-refractivity contribution < 1.29 is 32.3 Å². The highest BCUT2D eigenvalue weighted by Gasteiger charge is 2.37. The van der Waals surface area contributed by atoms with E-state index >= 15 is 0 Å². The number of piperazine rings is 1. The monoisotopic (exact) mass is 561 g/mol. The van der Waals surface area contributed by atoms with Gasteiger partial charge < -0.3 is 24.4 Å². The number of benzene rings is 1. The van der Waals surface area contributed by atoms with E-state index in [0.29, 0.717) is 43.0 Å². The lowest BCUT2D eigenvalue weighted by Crippen LogP contribution is -2.51. The molecule has 0 unspecified atom stereocenters. The Morgan fingerprint density at radius 3 is 2.27 bits per heavy atom. The number of aryl methyl sites for hydroxylation is 1. The Morgan fingerprint density at radius 2 is 1.68 bits per heavy atom. The number of imidazole rings is 1. The Kier molecular flexibility index (Phi) is 7.63. The Bertz CT molecular complexity index is 1430. The van der Waals surface area contributed by atoms with E-state index < -0.39 is 29.5 Å². The maximum absolute atomic E-state index is 13.3. The van der Waals surface area contributed by atoms with Crippen molar-refractivity contribution in [3.05, 3.63) is 53.2 Å². The van der Waals surface area contributed by atoms with Gasteiger partial charge in [-0.1, -0.05) is 0 Å². The zero-order valence-corrected chi connectivity index (χ0v) is 22.7. The van der Waals surface area contributed by atoms with Gasteiger partial charge in [0.05, 0.1) is 23.7 Å². The number of ether oxygens (including phenoxy) is 1. The molecule has 0 bridgehead atoms. The number of rotatable bonds is 4. The van der Waals surface area contributed by atoms with Gasteiger partial charge >= 0.3 is 12.3 Å². The first-order valence-corrected chi connectivity index (χ1v) is 12.5. The first kappa shape index (κ1) is 28.6. The highest BCUT2D eigenvalue weighted by Crippen LogP contribution is 2.35. The normalized spacial score (nSPS) is 14.3. The number of nitrogens with zero attached hydrogens (tertiary/aromatic N) is 5. The number of carbonyl (C=O) groups is 3. The van der Waals surface area contributed by atoms with Gasteiger partial charge in [0.1, 0.15) is 11.3 Å². The van der Waals surface area contributed by atoms with Crippen molar-refractivity contribution in [3.63, 3.8) is 0 Å². The van der Waals surface area contributed by atoms with Crippen LogP contribution in [0.1, 0.15) is 53.0 Å². The molecule has 0 saturated carbocycles. The van der Waals surface area contributed by atoms with Gasteiger partial charge in [-0.25, -0.2) is 9.78 Å². The number of alkyl halides is 3. The number of aromatic nitrogens is 4. The van der Waals surface area contributed by atoms with Gasteiger partial charge in [0.15, 0.2) is 5.82 Å². The number of aromatic amines is 1. The largest absolute Gasteiger partial charge is 0.444 e. The number of nitrogens with one attached hydrogen (secondary N) is 2. The molecule has 0 radical (unpaired) electrons. The van der Waals surface area contributed by atoms with Gasteiger partial charge in [0, 0.05) is 44.5 Å². The Balaban J connectivity index is 1.41. The summed E-state index contributed by atoms with van der Waals surface area (Å²) in [6, 6.07) is 4.79. The van der Waals surface area contributed by atoms with Crippen LogP contribution in [0.2, 0.25) is 0 Å². The van der Waals surface area contributed by atoms with E-state index in [9.17, 15) is 27.6 Å². The summed E-state index contributed by atoms with van der Waals surface area (Å²) in [7, 11) is 1.43. The summed E-state index contributed by atoms with van der Waals surface area (Å²) < 4.78 is 46.5. The van der Waals surface area contributed by atoms with Crippen LogP contribution in [0, 0.1) is 6.92 Å². The molecule has 2 N–H and O–H groups in total. The fraction of sp³-hybridized carbons (Fsp3) is 0.423. The predicted octanol–water partition coefficient (Wildman–Crippen LogP) is 4.08. The number of anilines is 1. The molecule has 0 aliphatic carbocycles. The molecule has 11 nitrogen and oxygen atoms in total. The van der Waals surface area contributed by atoms with Gasteiger partial charge in [-0.3, -0.25) is 14.7 Å². The molecule has 14 heteroatoms. The number of amides is 3. The summed E-state index contributed by atoms with van der Waals surface area (Å²) in [5.41, 5.74) is -0.355. The molecule has 3 amide bonds. The fourth-order valence-corrected chi connectivity index (χ4v) is 4.32. The van der Waals surface area contributed by atoms with Crippen LogP contribution in [0.25, 0.3) is 11.3 Å². The minimum Gasteiger partial charge on any atom is -0.444 e. The van der Waals surface area contributed by atoms with Crippen LogP contribution in [0.15, 0.2) is 30.6 Å². The third kappa shape index (κ3) is 6.10. The highest BCUT2D eigenvalue weighted by molar-refractivity contribution is 6.03. The van der Waals surface area contributed by atoms with E-state index in [1.165, 1.54) is 17.8 Å². The lowest BCUT2D eigenvalue weighted by atomic mass is 10.1. The molecule has 1 aliphatic rings. The minimum atomic E-state index is -4.65. The average molecular weight is 562 g/mol. The van der Waals surface area contributed by atoms with Gasteiger partial charge in [-0.15, -0.1) is 0 Å². The summed E-state index contributed by atoms with van der Waals surface area (Å²) in [4.78, 5) is 45.5. The zero-order valence-electron chi connectivity index (χ0n) is 22.7. The lowest BCUT2D eigenvalue weighted by molar-refractivity contribution is -0.140. The van der Waals surface area contributed by atoms with Crippen molar-refractivity contribution in [2.75, 3.05) is 31.5 Å². The summed E-state index contributed by atoms with van der Waals surface area (Å²) in [6.07, 6.45) is -2.87. The molecule has 4 rings (SSSR count). The van der Waals surface area contributed by atoms with E-state index in [2.05, 4.69) is 15.4 Å². The molecule has 40 heavy (non-hydrogen) atoms. The Labute approximate surface area is 228 Å². The second kappa shape index (κ2) is 10.7. The first-order chi connectivity index (χ1) is 18.7. The molecule has 2 aromatic heterocycles. The molecule has 0 atom stereocenters. The predicted molar refractivity (Wildman–Crippen MR) is 139 cm³/mol. The van der Waals surface area contributed by atoms with E-state index in [4.69, 9.17) is 4.74 Å². The van der Waals surface area contributed by atoms with Crippen LogP contribution in [0.3, 0.4) is 0 Å². The molecule has 1 fully saturated rings. The van der Waals surface area contributed by atoms with E-state index in [0.717, 1.165) is 6.20 Å². The maximum atomic E-state index is 13.3. The smallest absolute Gasteiger partial charge is 0.433 e. The zero-order chi connectivity index (χ0) is 29.4. The van der Waals surface area contributed by atoms with E-state index in [1.807, 2.05) is 5.10 Å². The summed E-state index contributed by atoms with van der Waals surface area (Å²) in [5, 5.41) is 8.09. The topological polar surface area (TPSA) is 125 Å². The quantitative estimate of drug-likeness (QED) is 0.495. The van der Waals surface area contributed by atoms with Crippen molar-refractivity contribution in [2.45, 2.75) is 39.5 Å². The van der Waals surface area contributed by atoms with Crippen LogP contribution in [-0.2, 0) is 18.0 Å². The SMILES string of the molecule is Cc1cc(NC(=O)c2ncc(-c3cn[nH]c3C(F)(F)F)n2C)ccc1C(=O)N1CCN(C(=O)OC(C)(C)C)CC1. The second-order valence-electron chi connectivity index (χ2n) is 10.4. The van der Waals surface area contributed by atoms with E-state index in [1.54, 1.807) is 55.7 Å². The Morgan fingerprint density at radius 1 is 1.02 bits per heavy atom. The maximum Gasteiger partial charge on any atom is 0.433 e. The van der Waals surface area contributed by atoms with Crippen LogP contribution >= 0.6 is 0 Å². The summed E-state index contributed by atoms with van der Waals surface area (Å²) in [5.74, 6) is -0.943. The molecule has 1 aromatic carbocycles. The molecule has 3 heterocycles. The first-order valence-electron chi connectivity index (χ1n) is 12.5. The summed E-state index contributed by atoms with van der Waals surface area (Å²) >= 11 is 0. The van der Waals surface area contributed by atoms with Crippen LogP contribution in [-0.4, -0.2) is 79.2 Å². The van der Waals surface area contributed by atoms with Crippen molar-refractivity contribution in [3.8, 4) is 11.3 Å². The number of halogens is 3. The third-order valence-electron chi connectivity index (χ3n) is 6.32. The Hall–Kier alpha value is -4.36.